The Labute approximate surface area is 95.3 Å². The molecule has 1 aliphatic rings. The maximum Gasteiger partial charge on any atom is 0.416 e. The molecule has 0 amide bonds. The molecular weight excluding hydrogens is 238 g/mol. The predicted molar refractivity (Wildman–Crippen MR) is 52.8 cm³/mol. The highest BCUT2D eigenvalue weighted by atomic mass is 19.4. The molecule has 1 aromatic rings. The number of halogens is 4. The zero-order chi connectivity index (χ0) is 12.7. The largest absolute Gasteiger partial charge is 0.416 e. The molecule has 1 aromatic carbocycles. The Bertz CT molecular complexity index is 424. The Morgan fingerprint density at radius 3 is 2.47 bits per heavy atom. The molecule has 1 aliphatic heterocycles. The first kappa shape index (κ1) is 12.3. The normalized spacial score (nSPS) is 25.2. The van der Waals surface area contributed by atoms with E-state index in [-0.39, 0.29) is 18.5 Å². The van der Waals surface area contributed by atoms with Crippen molar-refractivity contribution in [3.8, 4) is 0 Å². The van der Waals surface area contributed by atoms with Crippen molar-refractivity contribution in [2.45, 2.75) is 18.2 Å². The molecule has 2 N–H and O–H groups in total. The number of alkyl halides is 3. The van der Waals surface area contributed by atoms with Crippen LogP contribution in [-0.4, -0.2) is 18.2 Å². The van der Waals surface area contributed by atoms with Gasteiger partial charge in [-0.05, 0) is 25.1 Å². The summed E-state index contributed by atoms with van der Waals surface area (Å²) in [5.74, 6) is -1.02. The third-order valence-corrected chi connectivity index (χ3v) is 2.93. The fourth-order valence-electron chi connectivity index (χ4n) is 1.98. The van der Waals surface area contributed by atoms with Gasteiger partial charge in [-0.1, -0.05) is 6.07 Å². The lowest BCUT2D eigenvalue weighted by Gasteiger charge is -2.23. The van der Waals surface area contributed by atoms with Crippen molar-refractivity contribution in [2.75, 3.05) is 13.1 Å². The van der Waals surface area contributed by atoms with Crippen molar-refractivity contribution in [3.05, 3.63) is 35.1 Å². The lowest BCUT2D eigenvalue weighted by molar-refractivity contribution is -0.137. The molecule has 1 heterocycles. The van der Waals surface area contributed by atoms with Crippen LogP contribution in [0.15, 0.2) is 18.2 Å². The van der Waals surface area contributed by atoms with Crippen molar-refractivity contribution in [2.24, 2.45) is 0 Å². The number of aliphatic hydroxyl groups is 1. The average molecular weight is 249 g/mol. The van der Waals surface area contributed by atoms with Crippen LogP contribution >= 0.6 is 0 Å². The van der Waals surface area contributed by atoms with E-state index in [1.807, 2.05) is 0 Å². The topological polar surface area (TPSA) is 32.3 Å². The van der Waals surface area contributed by atoms with Crippen LogP contribution in [0.25, 0.3) is 0 Å². The van der Waals surface area contributed by atoms with Crippen molar-refractivity contribution in [1.29, 1.82) is 0 Å². The SMILES string of the molecule is OC1(c2ccc(C(F)(F)F)cc2F)CCNC1. The molecule has 0 spiro atoms. The van der Waals surface area contributed by atoms with Gasteiger partial charge in [-0.2, -0.15) is 13.2 Å². The van der Waals surface area contributed by atoms with Gasteiger partial charge in [0, 0.05) is 12.1 Å². The number of rotatable bonds is 1. The van der Waals surface area contributed by atoms with Crippen LogP contribution < -0.4 is 5.32 Å². The minimum absolute atomic E-state index is 0.0875. The molecule has 0 radical (unpaired) electrons. The lowest BCUT2D eigenvalue weighted by Crippen LogP contribution is -2.29. The van der Waals surface area contributed by atoms with E-state index in [1.165, 1.54) is 0 Å². The van der Waals surface area contributed by atoms with Crippen LogP contribution in [0.5, 0.6) is 0 Å². The first-order valence-electron chi connectivity index (χ1n) is 5.13. The highest BCUT2D eigenvalue weighted by Gasteiger charge is 2.37. The third-order valence-electron chi connectivity index (χ3n) is 2.93. The number of benzene rings is 1. The van der Waals surface area contributed by atoms with Crippen LogP contribution in [0.4, 0.5) is 17.6 Å². The maximum absolute atomic E-state index is 13.6. The Balaban J connectivity index is 2.38. The van der Waals surface area contributed by atoms with E-state index in [4.69, 9.17) is 0 Å². The van der Waals surface area contributed by atoms with Crippen molar-refractivity contribution in [1.82, 2.24) is 5.32 Å². The van der Waals surface area contributed by atoms with E-state index < -0.39 is 23.2 Å². The minimum Gasteiger partial charge on any atom is -0.384 e. The molecule has 0 aliphatic carbocycles. The van der Waals surface area contributed by atoms with Gasteiger partial charge in [0.1, 0.15) is 11.4 Å². The molecule has 94 valence electrons. The van der Waals surface area contributed by atoms with E-state index in [2.05, 4.69) is 5.32 Å². The Kier molecular flexibility index (Phi) is 2.87. The van der Waals surface area contributed by atoms with Crippen LogP contribution in [-0.2, 0) is 11.8 Å². The van der Waals surface area contributed by atoms with E-state index in [0.717, 1.165) is 12.1 Å². The first-order chi connectivity index (χ1) is 7.83. The molecule has 2 nitrogen and oxygen atoms in total. The van der Waals surface area contributed by atoms with Crippen LogP contribution in [0.1, 0.15) is 17.5 Å². The van der Waals surface area contributed by atoms with Gasteiger partial charge < -0.3 is 10.4 Å². The van der Waals surface area contributed by atoms with Gasteiger partial charge in [-0.15, -0.1) is 0 Å². The molecular formula is C11H11F4NO. The Morgan fingerprint density at radius 1 is 1.29 bits per heavy atom. The highest BCUT2D eigenvalue weighted by molar-refractivity contribution is 5.31. The molecule has 2 rings (SSSR count). The predicted octanol–water partition coefficient (Wildman–Crippen LogP) is 2.03. The Morgan fingerprint density at radius 2 is 2.00 bits per heavy atom. The van der Waals surface area contributed by atoms with Gasteiger partial charge in [0.15, 0.2) is 0 Å². The summed E-state index contributed by atoms with van der Waals surface area (Å²) >= 11 is 0. The summed E-state index contributed by atoms with van der Waals surface area (Å²) in [6, 6.07) is 2.21. The summed E-state index contributed by atoms with van der Waals surface area (Å²) in [5.41, 5.74) is -2.54. The van der Waals surface area contributed by atoms with Crippen LogP contribution in [0, 0.1) is 5.82 Å². The quantitative estimate of drug-likeness (QED) is 0.746. The molecule has 0 bridgehead atoms. The molecule has 1 saturated heterocycles. The number of β-amino-alcohol motifs (C(OH)–C–C–N with tert-alkyl or cyclic N) is 1. The van der Waals surface area contributed by atoms with Crippen molar-refractivity contribution >= 4 is 0 Å². The molecule has 1 fully saturated rings. The lowest BCUT2D eigenvalue weighted by atomic mass is 9.91. The number of nitrogens with one attached hydrogen (secondary N) is 1. The molecule has 1 atom stereocenters. The van der Waals surface area contributed by atoms with E-state index in [9.17, 15) is 22.7 Å². The molecule has 0 saturated carbocycles. The summed E-state index contributed by atoms with van der Waals surface area (Å²) < 4.78 is 50.6. The monoisotopic (exact) mass is 249 g/mol. The van der Waals surface area contributed by atoms with E-state index in [0.29, 0.717) is 12.6 Å². The summed E-state index contributed by atoms with van der Waals surface area (Å²) in [6.07, 6.45) is -4.29. The second kappa shape index (κ2) is 3.96. The van der Waals surface area contributed by atoms with Crippen molar-refractivity contribution in [3.63, 3.8) is 0 Å². The van der Waals surface area contributed by atoms with Crippen LogP contribution in [0.3, 0.4) is 0 Å². The minimum atomic E-state index is -4.57. The second-order valence-electron chi connectivity index (χ2n) is 4.15. The number of hydrogen-bond donors (Lipinski definition) is 2. The van der Waals surface area contributed by atoms with Gasteiger partial charge in [0.05, 0.1) is 5.56 Å². The second-order valence-corrected chi connectivity index (χ2v) is 4.15. The van der Waals surface area contributed by atoms with Crippen molar-refractivity contribution < 1.29 is 22.7 Å². The standard InChI is InChI=1S/C11H11F4NO/c12-9-5-7(11(13,14)15)1-2-8(9)10(17)3-4-16-6-10/h1-2,5,16-17H,3-4,6H2. The first-order valence-corrected chi connectivity index (χ1v) is 5.13. The number of hydrogen-bond acceptors (Lipinski definition) is 2. The molecule has 6 heteroatoms. The summed E-state index contributed by atoms with van der Waals surface area (Å²) in [6.45, 7) is 0.659. The zero-order valence-corrected chi connectivity index (χ0v) is 8.81. The molecule has 1 unspecified atom stereocenters. The average Bonchev–Trinajstić information content (AvgIpc) is 2.64. The third kappa shape index (κ3) is 2.28. The van der Waals surface area contributed by atoms with Crippen LogP contribution in [0.2, 0.25) is 0 Å². The van der Waals surface area contributed by atoms with Gasteiger partial charge in [0.25, 0.3) is 0 Å². The fourth-order valence-corrected chi connectivity index (χ4v) is 1.98. The summed E-state index contributed by atoms with van der Waals surface area (Å²) in [7, 11) is 0. The van der Waals surface area contributed by atoms with E-state index in [1.54, 1.807) is 0 Å². The van der Waals surface area contributed by atoms with Gasteiger partial charge in [0.2, 0.25) is 0 Å². The van der Waals surface area contributed by atoms with Gasteiger partial charge >= 0.3 is 6.18 Å². The van der Waals surface area contributed by atoms with Gasteiger partial charge in [-0.25, -0.2) is 4.39 Å². The summed E-state index contributed by atoms with van der Waals surface area (Å²) in [4.78, 5) is 0. The smallest absolute Gasteiger partial charge is 0.384 e. The maximum atomic E-state index is 13.6. The zero-order valence-electron chi connectivity index (χ0n) is 8.81. The summed E-state index contributed by atoms with van der Waals surface area (Å²) in [5, 5.41) is 12.9. The molecule has 17 heavy (non-hydrogen) atoms. The fraction of sp³-hybridized carbons (Fsp3) is 0.455. The highest BCUT2D eigenvalue weighted by Crippen LogP contribution is 2.34. The van der Waals surface area contributed by atoms with Gasteiger partial charge in [-0.3, -0.25) is 0 Å². The van der Waals surface area contributed by atoms with E-state index >= 15 is 0 Å². The Hall–Kier alpha value is -1.14. The molecule has 0 aromatic heterocycles.